The van der Waals surface area contributed by atoms with Crippen molar-refractivity contribution in [3.8, 4) is 0 Å². The largest absolute Gasteiger partial charge is 0.542 e. The van der Waals surface area contributed by atoms with E-state index in [1.54, 1.807) is 0 Å². The number of aromatic nitrogens is 1. The van der Waals surface area contributed by atoms with Crippen molar-refractivity contribution in [3.05, 3.63) is 24.5 Å². The van der Waals surface area contributed by atoms with Crippen molar-refractivity contribution in [2.45, 2.75) is 83.9 Å². The summed E-state index contributed by atoms with van der Waals surface area (Å²) in [7, 11) is 1.95. The fourth-order valence-corrected chi connectivity index (χ4v) is 7.98. The molecule has 0 unspecified atom stereocenters. The number of carboxylic acid groups (broad SMARTS) is 1. The molecule has 0 saturated heterocycles. The zero-order valence-electron chi connectivity index (χ0n) is 22.2. The maximum absolute atomic E-state index is 12.6. The van der Waals surface area contributed by atoms with E-state index < -0.39 is 12.1 Å². The van der Waals surface area contributed by atoms with Crippen molar-refractivity contribution in [1.82, 2.24) is 0 Å². The van der Waals surface area contributed by atoms with Gasteiger partial charge in [-0.3, -0.25) is 10.1 Å². The molecule has 7 atom stereocenters. The SMILES string of the molecule is C[n+]1ccc(NC(=O)O[C@@H]2CC[C@@]3(C)[C@H](CC[C@@H]4[C@@H]3CC[C@]3(C)C(=O)CC[C@@H]43)C2)cc1.O=C([O-])C(F)(F)F. The number of anilines is 1. The lowest BCUT2D eigenvalue weighted by Gasteiger charge is -2.60. The van der Waals surface area contributed by atoms with Crippen molar-refractivity contribution < 1.29 is 42.0 Å². The number of Topliss-reactive ketones (excluding diaryl/α,β-unsaturated/α-hetero) is 1. The third-order valence-corrected chi connectivity index (χ3v) is 10.1. The van der Waals surface area contributed by atoms with Crippen LogP contribution in [0.3, 0.4) is 0 Å². The molecule has 0 aromatic carbocycles. The van der Waals surface area contributed by atoms with Crippen molar-refractivity contribution in [2.24, 2.45) is 41.5 Å². The van der Waals surface area contributed by atoms with Crippen molar-refractivity contribution in [2.75, 3.05) is 5.32 Å². The minimum absolute atomic E-state index is 0.0105. The molecule has 0 aliphatic heterocycles. The van der Waals surface area contributed by atoms with E-state index in [0.29, 0.717) is 29.0 Å². The molecule has 7 nitrogen and oxygen atoms in total. The number of carbonyl (C=O) groups is 3. The van der Waals surface area contributed by atoms with Crippen molar-refractivity contribution in [3.63, 3.8) is 0 Å². The Morgan fingerprint density at radius 2 is 1.71 bits per heavy atom. The van der Waals surface area contributed by atoms with Gasteiger partial charge in [0.1, 0.15) is 24.9 Å². The van der Waals surface area contributed by atoms with Crippen molar-refractivity contribution in [1.29, 1.82) is 0 Å². The predicted molar refractivity (Wildman–Crippen MR) is 129 cm³/mol. The van der Waals surface area contributed by atoms with Gasteiger partial charge in [0.25, 0.3) is 0 Å². The summed E-state index contributed by atoms with van der Waals surface area (Å²) >= 11 is 0. The number of hydrogen-bond donors (Lipinski definition) is 1. The number of carboxylic acids is 1. The van der Waals surface area contributed by atoms with E-state index in [0.717, 1.165) is 50.1 Å². The maximum atomic E-state index is 12.6. The van der Waals surface area contributed by atoms with Gasteiger partial charge < -0.3 is 14.6 Å². The topological polar surface area (TPSA) is 99.4 Å². The van der Waals surface area contributed by atoms with Crippen LogP contribution >= 0.6 is 0 Å². The van der Waals surface area contributed by atoms with E-state index in [-0.39, 0.29) is 17.6 Å². The van der Waals surface area contributed by atoms with Gasteiger partial charge in [0.2, 0.25) is 0 Å². The Kier molecular flexibility index (Phi) is 7.83. The Labute approximate surface area is 221 Å². The average molecular weight is 539 g/mol. The number of amides is 1. The standard InChI is InChI=1S/C26H36N2O3.C2HF3O2/c1-25-12-8-19(31-24(30)27-18-10-14-28(3)15-11-18)16-17(25)4-5-20-21-6-7-23(29)26(21,2)13-9-22(20)25;3-2(4,5)1(6)7/h10-11,14-15,17,19-22H,4-9,12-13,16H2,1-3H3;(H,6,7)/t17-,19-,20+,21+,22+,25+,26+;/m1./s1. The number of carbonyl (C=O) groups excluding carboxylic acids is 3. The van der Waals surface area contributed by atoms with E-state index in [1.807, 2.05) is 36.1 Å². The van der Waals surface area contributed by atoms with Gasteiger partial charge in [-0.15, -0.1) is 0 Å². The van der Waals surface area contributed by atoms with Gasteiger partial charge in [-0.25, -0.2) is 9.36 Å². The van der Waals surface area contributed by atoms with Crippen molar-refractivity contribution >= 4 is 23.5 Å². The molecule has 0 radical (unpaired) electrons. The smallest absolute Gasteiger partial charge is 0.430 e. The highest BCUT2D eigenvalue weighted by molar-refractivity contribution is 5.87. The van der Waals surface area contributed by atoms with Crippen LogP contribution in [0.1, 0.15) is 71.6 Å². The summed E-state index contributed by atoms with van der Waals surface area (Å²) in [4.78, 5) is 33.8. The van der Waals surface area contributed by atoms with Crippen LogP contribution in [0.15, 0.2) is 24.5 Å². The maximum Gasteiger partial charge on any atom is 0.430 e. The number of halogens is 3. The molecule has 0 spiro atoms. The quantitative estimate of drug-likeness (QED) is 0.565. The Morgan fingerprint density at radius 3 is 2.34 bits per heavy atom. The molecule has 1 amide bonds. The summed E-state index contributed by atoms with van der Waals surface area (Å²) in [6.45, 7) is 4.77. The third kappa shape index (κ3) is 5.54. The summed E-state index contributed by atoms with van der Waals surface area (Å²) in [6.07, 6.45) is 8.03. The second-order valence-electron chi connectivity index (χ2n) is 12.0. The molecule has 0 bridgehead atoms. The number of pyridine rings is 1. The second-order valence-corrected chi connectivity index (χ2v) is 12.0. The van der Waals surface area contributed by atoms with Gasteiger partial charge in [-0.05, 0) is 80.5 Å². The molecule has 1 aromatic rings. The Balaban J connectivity index is 0.000000426. The molecule has 4 aliphatic carbocycles. The van der Waals surface area contributed by atoms with E-state index in [9.17, 15) is 22.8 Å². The normalized spacial score (nSPS) is 36.1. The van der Waals surface area contributed by atoms with E-state index >= 15 is 0 Å². The van der Waals surface area contributed by atoms with Crippen LogP contribution in [-0.4, -0.2) is 30.1 Å². The number of rotatable bonds is 2. The molecule has 1 heterocycles. The summed E-state index contributed by atoms with van der Waals surface area (Å²) in [6, 6.07) is 3.76. The Hall–Kier alpha value is -2.65. The minimum Gasteiger partial charge on any atom is -0.542 e. The first-order chi connectivity index (χ1) is 17.7. The van der Waals surface area contributed by atoms with Gasteiger partial charge in [0.15, 0.2) is 12.4 Å². The number of hydrogen-bond acceptors (Lipinski definition) is 5. The minimum atomic E-state index is -5.19. The number of ketones is 1. The number of nitrogens with zero attached hydrogens (tertiary/aromatic N) is 1. The van der Waals surface area contributed by atoms with Gasteiger partial charge >= 0.3 is 12.3 Å². The first-order valence-electron chi connectivity index (χ1n) is 13.5. The van der Waals surface area contributed by atoms with E-state index in [4.69, 9.17) is 14.6 Å². The van der Waals surface area contributed by atoms with Crippen LogP contribution in [0.25, 0.3) is 0 Å². The number of nitrogens with one attached hydrogen (secondary N) is 1. The lowest BCUT2D eigenvalue weighted by atomic mass is 9.45. The zero-order chi connectivity index (χ0) is 27.9. The molecule has 5 rings (SSSR count). The van der Waals surface area contributed by atoms with Crippen LogP contribution in [0, 0.1) is 34.5 Å². The summed E-state index contributed by atoms with van der Waals surface area (Å²) < 4.78 is 39.3. The van der Waals surface area contributed by atoms with Gasteiger partial charge in [0.05, 0.1) is 5.69 Å². The first kappa shape index (κ1) is 28.4. The van der Waals surface area contributed by atoms with Crippen LogP contribution in [0.4, 0.5) is 23.7 Å². The number of fused-ring (bicyclic) bond motifs is 5. The summed E-state index contributed by atoms with van der Waals surface area (Å²) in [5, 5.41) is 11.7. The molecular formula is C28H37F3N2O5. The molecule has 38 heavy (non-hydrogen) atoms. The molecule has 4 fully saturated rings. The fourth-order valence-electron chi connectivity index (χ4n) is 7.98. The number of alkyl halides is 3. The highest BCUT2D eigenvalue weighted by Crippen LogP contribution is 2.65. The molecule has 1 aromatic heterocycles. The zero-order valence-corrected chi connectivity index (χ0v) is 22.2. The summed E-state index contributed by atoms with van der Waals surface area (Å²) in [5.41, 5.74) is 1.05. The van der Waals surface area contributed by atoms with Gasteiger partial charge in [-0.2, -0.15) is 13.2 Å². The number of aliphatic carboxylic acids is 1. The Bertz CT molecular complexity index is 1060. The van der Waals surface area contributed by atoms with E-state index in [1.165, 1.54) is 19.3 Å². The monoisotopic (exact) mass is 538 g/mol. The Morgan fingerprint density at radius 1 is 1.05 bits per heavy atom. The van der Waals surface area contributed by atoms with Crippen LogP contribution in [0.5, 0.6) is 0 Å². The molecule has 4 saturated carbocycles. The number of aryl methyl sites for hydroxylation is 1. The highest BCUT2D eigenvalue weighted by Gasteiger charge is 2.60. The highest BCUT2D eigenvalue weighted by atomic mass is 19.4. The first-order valence-corrected chi connectivity index (χ1v) is 13.5. The van der Waals surface area contributed by atoms with Crippen LogP contribution < -0.4 is 15.0 Å². The van der Waals surface area contributed by atoms with Gasteiger partial charge in [-0.1, -0.05) is 13.8 Å². The predicted octanol–water partition coefficient (Wildman–Crippen LogP) is 4.34. The fraction of sp³-hybridized carbons (Fsp3) is 0.714. The molecule has 1 N–H and O–H groups in total. The molecule has 4 aliphatic rings. The van der Waals surface area contributed by atoms with Crippen LogP contribution in [0.2, 0.25) is 0 Å². The average Bonchev–Trinajstić information content (AvgIpc) is 3.15. The van der Waals surface area contributed by atoms with Crippen LogP contribution in [-0.2, 0) is 21.4 Å². The third-order valence-electron chi connectivity index (χ3n) is 10.1. The summed E-state index contributed by atoms with van der Waals surface area (Å²) in [5.74, 6) is 0.189. The second kappa shape index (κ2) is 10.5. The lowest BCUT2D eigenvalue weighted by molar-refractivity contribution is -0.671. The van der Waals surface area contributed by atoms with E-state index in [2.05, 4.69) is 19.2 Å². The number of ether oxygens (including phenoxy) is 1. The van der Waals surface area contributed by atoms with Gasteiger partial charge in [0, 0.05) is 24.0 Å². The molecular weight excluding hydrogens is 501 g/mol. The molecule has 10 heteroatoms. The molecule has 210 valence electrons. The lowest BCUT2D eigenvalue weighted by Crippen LogP contribution is -2.54.